The standard InChI is InChI=1S/C21H19ClN4O3/c1-2-11-26(20(27)14-28-16-9-7-15(12-23)8-10-16)13-19-24-25-21(29-19)17-5-3-4-6-18(17)22/h3-10H,2,11,13-14H2,1H3. The first kappa shape index (κ1) is 20.4. The molecule has 1 aromatic heterocycles. The van der Waals surface area contributed by atoms with E-state index in [9.17, 15) is 4.79 Å². The molecular formula is C21H19ClN4O3. The lowest BCUT2D eigenvalue weighted by Crippen LogP contribution is -2.35. The number of carbonyl (C=O) groups is 1. The lowest BCUT2D eigenvalue weighted by atomic mass is 10.2. The van der Waals surface area contributed by atoms with E-state index in [-0.39, 0.29) is 19.1 Å². The topological polar surface area (TPSA) is 92.2 Å². The molecule has 0 fully saturated rings. The zero-order valence-electron chi connectivity index (χ0n) is 15.8. The Hall–Kier alpha value is -3.37. The van der Waals surface area contributed by atoms with Crippen LogP contribution >= 0.6 is 11.6 Å². The number of carbonyl (C=O) groups excluding carboxylic acids is 1. The Balaban J connectivity index is 1.64. The minimum atomic E-state index is -0.200. The van der Waals surface area contributed by atoms with Gasteiger partial charge in [0.1, 0.15) is 5.75 Å². The third kappa shape index (κ3) is 5.33. The number of ether oxygens (including phenoxy) is 1. The molecule has 3 rings (SSSR count). The highest BCUT2D eigenvalue weighted by Crippen LogP contribution is 2.26. The number of nitriles is 1. The Kier molecular flexibility index (Phi) is 6.82. The number of benzene rings is 2. The van der Waals surface area contributed by atoms with Gasteiger partial charge in [-0.05, 0) is 42.8 Å². The van der Waals surface area contributed by atoms with Gasteiger partial charge >= 0.3 is 0 Å². The summed E-state index contributed by atoms with van der Waals surface area (Å²) in [6.45, 7) is 2.56. The maximum atomic E-state index is 12.6. The van der Waals surface area contributed by atoms with Gasteiger partial charge in [-0.15, -0.1) is 10.2 Å². The molecular weight excluding hydrogens is 392 g/mol. The van der Waals surface area contributed by atoms with Crippen molar-refractivity contribution < 1.29 is 13.9 Å². The summed E-state index contributed by atoms with van der Waals surface area (Å²) in [5.74, 6) is 0.949. The molecule has 0 aliphatic rings. The van der Waals surface area contributed by atoms with Crippen molar-refractivity contribution in [1.29, 1.82) is 5.26 Å². The van der Waals surface area contributed by atoms with E-state index in [1.54, 1.807) is 41.3 Å². The Morgan fingerprint density at radius 2 is 1.97 bits per heavy atom. The van der Waals surface area contributed by atoms with E-state index >= 15 is 0 Å². The van der Waals surface area contributed by atoms with Crippen molar-refractivity contribution in [2.24, 2.45) is 0 Å². The van der Waals surface area contributed by atoms with E-state index in [0.29, 0.717) is 40.2 Å². The van der Waals surface area contributed by atoms with Crippen molar-refractivity contribution >= 4 is 17.5 Å². The Morgan fingerprint density at radius 1 is 1.21 bits per heavy atom. The van der Waals surface area contributed by atoms with Crippen LogP contribution in [-0.2, 0) is 11.3 Å². The largest absolute Gasteiger partial charge is 0.484 e. The van der Waals surface area contributed by atoms with E-state index in [0.717, 1.165) is 6.42 Å². The number of halogens is 1. The first-order valence-electron chi connectivity index (χ1n) is 9.08. The predicted octanol–water partition coefficient (Wildman–Crippen LogP) is 4.08. The van der Waals surface area contributed by atoms with Crippen LogP contribution in [0.1, 0.15) is 24.8 Å². The van der Waals surface area contributed by atoms with Gasteiger partial charge in [0.15, 0.2) is 6.61 Å². The van der Waals surface area contributed by atoms with Crippen LogP contribution in [0.2, 0.25) is 5.02 Å². The zero-order valence-corrected chi connectivity index (χ0v) is 16.6. The predicted molar refractivity (Wildman–Crippen MR) is 107 cm³/mol. The molecule has 1 heterocycles. The number of hydrogen-bond donors (Lipinski definition) is 0. The van der Waals surface area contributed by atoms with Gasteiger partial charge in [-0.3, -0.25) is 4.79 Å². The first-order chi connectivity index (χ1) is 14.1. The van der Waals surface area contributed by atoms with E-state index in [4.69, 9.17) is 26.0 Å². The summed E-state index contributed by atoms with van der Waals surface area (Å²) in [6.07, 6.45) is 0.772. The van der Waals surface area contributed by atoms with Gasteiger partial charge in [-0.1, -0.05) is 30.7 Å². The number of amides is 1. The summed E-state index contributed by atoms with van der Waals surface area (Å²) < 4.78 is 11.2. The molecule has 148 valence electrons. The summed E-state index contributed by atoms with van der Waals surface area (Å²) in [5.41, 5.74) is 1.17. The normalized spacial score (nSPS) is 10.4. The molecule has 0 N–H and O–H groups in total. The molecule has 0 aliphatic heterocycles. The summed E-state index contributed by atoms with van der Waals surface area (Å²) in [4.78, 5) is 14.2. The fourth-order valence-corrected chi connectivity index (χ4v) is 2.86. The van der Waals surface area contributed by atoms with Crippen LogP contribution in [-0.4, -0.2) is 34.2 Å². The third-order valence-corrected chi connectivity index (χ3v) is 4.42. The third-order valence-electron chi connectivity index (χ3n) is 4.09. The monoisotopic (exact) mass is 410 g/mol. The second kappa shape index (κ2) is 9.71. The summed E-state index contributed by atoms with van der Waals surface area (Å²) in [7, 11) is 0. The highest BCUT2D eigenvalue weighted by Gasteiger charge is 2.18. The molecule has 0 unspecified atom stereocenters. The Labute approximate surface area is 173 Å². The smallest absolute Gasteiger partial charge is 0.260 e. The van der Waals surface area contributed by atoms with Crippen LogP contribution in [0, 0.1) is 11.3 Å². The van der Waals surface area contributed by atoms with Crippen molar-refractivity contribution in [2.75, 3.05) is 13.2 Å². The van der Waals surface area contributed by atoms with Gasteiger partial charge in [0.25, 0.3) is 5.91 Å². The minimum absolute atomic E-state index is 0.128. The number of rotatable bonds is 8. The van der Waals surface area contributed by atoms with Crippen molar-refractivity contribution in [3.63, 3.8) is 0 Å². The molecule has 29 heavy (non-hydrogen) atoms. The van der Waals surface area contributed by atoms with E-state index < -0.39 is 0 Å². The molecule has 0 spiro atoms. The van der Waals surface area contributed by atoms with Gasteiger partial charge in [0.05, 0.1) is 28.8 Å². The number of aromatic nitrogens is 2. The van der Waals surface area contributed by atoms with Crippen molar-refractivity contribution in [3.05, 3.63) is 65.0 Å². The summed E-state index contributed by atoms with van der Waals surface area (Å²) >= 11 is 6.17. The van der Waals surface area contributed by atoms with Crippen molar-refractivity contribution in [1.82, 2.24) is 15.1 Å². The molecule has 1 amide bonds. The molecule has 7 nitrogen and oxygen atoms in total. The summed E-state index contributed by atoms with van der Waals surface area (Å²) in [6, 6.07) is 15.8. The zero-order chi connectivity index (χ0) is 20.6. The number of hydrogen-bond acceptors (Lipinski definition) is 6. The SMILES string of the molecule is CCCN(Cc1nnc(-c2ccccc2Cl)o1)C(=O)COc1ccc(C#N)cc1. The van der Waals surface area contributed by atoms with Gasteiger partial charge in [0, 0.05) is 6.54 Å². The minimum Gasteiger partial charge on any atom is -0.484 e. The second-order valence-corrected chi connectivity index (χ2v) is 6.63. The molecule has 0 aliphatic carbocycles. The summed E-state index contributed by atoms with van der Waals surface area (Å²) in [5, 5.41) is 17.4. The van der Waals surface area contributed by atoms with Gasteiger partial charge in [0.2, 0.25) is 11.8 Å². The van der Waals surface area contributed by atoms with Crippen LogP contribution in [0.4, 0.5) is 0 Å². The number of nitrogens with zero attached hydrogens (tertiary/aromatic N) is 4. The molecule has 0 radical (unpaired) electrons. The van der Waals surface area contributed by atoms with Crippen LogP contribution in [0.15, 0.2) is 52.9 Å². The highest BCUT2D eigenvalue weighted by molar-refractivity contribution is 6.33. The van der Waals surface area contributed by atoms with E-state index in [2.05, 4.69) is 10.2 Å². The second-order valence-electron chi connectivity index (χ2n) is 6.22. The average Bonchev–Trinajstić information content (AvgIpc) is 3.20. The van der Waals surface area contributed by atoms with Gasteiger partial charge in [-0.2, -0.15) is 5.26 Å². The molecule has 0 saturated carbocycles. The molecule has 8 heteroatoms. The van der Waals surface area contributed by atoms with E-state index in [1.807, 2.05) is 25.1 Å². The fraction of sp³-hybridized carbons (Fsp3) is 0.238. The van der Waals surface area contributed by atoms with Crippen LogP contribution in [0.5, 0.6) is 5.75 Å². The lowest BCUT2D eigenvalue weighted by Gasteiger charge is -2.20. The highest BCUT2D eigenvalue weighted by atomic mass is 35.5. The molecule has 0 saturated heterocycles. The Morgan fingerprint density at radius 3 is 2.66 bits per heavy atom. The van der Waals surface area contributed by atoms with Crippen molar-refractivity contribution in [2.45, 2.75) is 19.9 Å². The molecule has 0 bridgehead atoms. The van der Waals surface area contributed by atoms with Crippen LogP contribution in [0.25, 0.3) is 11.5 Å². The van der Waals surface area contributed by atoms with Crippen LogP contribution in [0.3, 0.4) is 0 Å². The van der Waals surface area contributed by atoms with Gasteiger partial charge < -0.3 is 14.1 Å². The maximum Gasteiger partial charge on any atom is 0.260 e. The molecule has 0 atom stereocenters. The fourth-order valence-electron chi connectivity index (χ4n) is 2.65. The van der Waals surface area contributed by atoms with Crippen molar-refractivity contribution in [3.8, 4) is 23.3 Å². The first-order valence-corrected chi connectivity index (χ1v) is 9.46. The average molecular weight is 411 g/mol. The van der Waals surface area contributed by atoms with E-state index in [1.165, 1.54) is 0 Å². The molecule has 2 aromatic carbocycles. The van der Waals surface area contributed by atoms with Crippen LogP contribution < -0.4 is 4.74 Å². The maximum absolute atomic E-state index is 12.6. The van der Waals surface area contributed by atoms with Gasteiger partial charge in [-0.25, -0.2) is 0 Å². The molecule has 3 aromatic rings. The lowest BCUT2D eigenvalue weighted by molar-refractivity contribution is -0.134. The Bertz CT molecular complexity index is 1010. The quantitative estimate of drug-likeness (QED) is 0.555.